The molecular formula is C16H17N3S2. The van der Waals surface area contributed by atoms with Gasteiger partial charge in [0, 0.05) is 12.6 Å². The average molecular weight is 315 g/mol. The van der Waals surface area contributed by atoms with Gasteiger partial charge in [0.1, 0.15) is 0 Å². The van der Waals surface area contributed by atoms with Crippen LogP contribution in [0.25, 0.3) is 10.2 Å². The van der Waals surface area contributed by atoms with Crippen molar-refractivity contribution in [1.82, 2.24) is 4.98 Å². The van der Waals surface area contributed by atoms with Gasteiger partial charge < -0.3 is 10.6 Å². The highest BCUT2D eigenvalue weighted by atomic mass is 32.1. The second kappa shape index (κ2) is 5.00. The monoisotopic (exact) mass is 315 g/mol. The Hall–Kier alpha value is -1.59. The van der Waals surface area contributed by atoms with Crippen LogP contribution in [0.3, 0.4) is 0 Å². The van der Waals surface area contributed by atoms with Crippen LogP contribution < -0.4 is 10.6 Å². The summed E-state index contributed by atoms with van der Waals surface area (Å²) in [5.41, 5.74) is 10.8. The van der Waals surface area contributed by atoms with E-state index < -0.39 is 0 Å². The molecule has 0 amide bonds. The Balaban J connectivity index is 1.76. The largest absolute Gasteiger partial charge is 0.397 e. The predicted molar refractivity (Wildman–Crippen MR) is 92.3 cm³/mol. The molecule has 0 saturated heterocycles. The average Bonchev–Trinajstić information content (AvgIpc) is 3.03. The SMILES string of the molecule is Cc1nc2cc(N(Cc3ccsc3)C3CC3)c(N)cc2s1. The van der Waals surface area contributed by atoms with Crippen molar-refractivity contribution in [3.63, 3.8) is 0 Å². The van der Waals surface area contributed by atoms with Gasteiger partial charge in [-0.2, -0.15) is 11.3 Å². The number of aromatic nitrogens is 1. The number of nitrogen functional groups attached to an aromatic ring is 1. The highest BCUT2D eigenvalue weighted by Crippen LogP contribution is 2.39. The number of nitrogens with two attached hydrogens (primary N) is 1. The molecule has 108 valence electrons. The Morgan fingerprint density at radius 2 is 2.24 bits per heavy atom. The topological polar surface area (TPSA) is 42.2 Å². The van der Waals surface area contributed by atoms with E-state index in [-0.39, 0.29) is 0 Å². The highest BCUT2D eigenvalue weighted by molar-refractivity contribution is 7.18. The summed E-state index contributed by atoms with van der Waals surface area (Å²) in [5, 5.41) is 5.45. The highest BCUT2D eigenvalue weighted by Gasteiger charge is 2.30. The summed E-state index contributed by atoms with van der Waals surface area (Å²) in [6.45, 7) is 2.98. The number of hydrogen-bond donors (Lipinski definition) is 1. The Morgan fingerprint density at radius 3 is 2.95 bits per heavy atom. The van der Waals surface area contributed by atoms with Crippen LogP contribution in [0.4, 0.5) is 11.4 Å². The molecule has 4 rings (SSSR count). The molecule has 0 aliphatic heterocycles. The summed E-state index contributed by atoms with van der Waals surface area (Å²) >= 11 is 3.46. The molecule has 0 radical (unpaired) electrons. The van der Waals surface area contributed by atoms with Crippen molar-refractivity contribution in [2.24, 2.45) is 0 Å². The van der Waals surface area contributed by atoms with Gasteiger partial charge in [-0.25, -0.2) is 4.98 Å². The molecule has 21 heavy (non-hydrogen) atoms. The Kier molecular flexibility index (Phi) is 3.12. The maximum Gasteiger partial charge on any atom is 0.0907 e. The molecule has 1 aliphatic rings. The van der Waals surface area contributed by atoms with Crippen molar-refractivity contribution in [2.75, 3.05) is 10.6 Å². The number of rotatable bonds is 4. The second-order valence-corrected chi connectivity index (χ2v) is 7.62. The van der Waals surface area contributed by atoms with Gasteiger partial charge in [0.05, 0.1) is 26.6 Å². The molecule has 2 heterocycles. The molecule has 3 aromatic rings. The van der Waals surface area contributed by atoms with Crippen molar-refractivity contribution in [3.8, 4) is 0 Å². The number of benzene rings is 1. The van der Waals surface area contributed by atoms with E-state index in [0.29, 0.717) is 6.04 Å². The molecule has 2 N–H and O–H groups in total. The summed E-state index contributed by atoms with van der Waals surface area (Å²) in [5.74, 6) is 0. The number of hydrogen-bond acceptors (Lipinski definition) is 5. The summed E-state index contributed by atoms with van der Waals surface area (Å²) in [7, 11) is 0. The van der Waals surface area contributed by atoms with Gasteiger partial charge in [0.2, 0.25) is 0 Å². The van der Waals surface area contributed by atoms with Crippen LogP contribution in [-0.2, 0) is 6.54 Å². The number of thiophene rings is 1. The number of thiazole rings is 1. The minimum Gasteiger partial charge on any atom is -0.397 e. The molecular weight excluding hydrogens is 298 g/mol. The molecule has 0 unspecified atom stereocenters. The standard InChI is InChI=1S/C16H17N3S2/c1-10-18-14-7-15(13(17)6-16(14)21-10)19(12-2-3-12)8-11-4-5-20-9-11/h4-7,9,12H,2-3,8,17H2,1H3. The van der Waals surface area contributed by atoms with Crippen molar-refractivity contribution < 1.29 is 0 Å². The van der Waals surface area contributed by atoms with Gasteiger partial charge in [0.15, 0.2) is 0 Å². The fourth-order valence-electron chi connectivity index (χ4n) is 2.72. The summed E-state index contributed by atoms with van der Waals surface area (Å²) in [6, 6.07) is 7.07. The van der Waals surface area contributed by atoms with Gasteiger partial charge in [-0.15, -0.1) is 11.3 Å². The van der Waals surface area contributed by atoms with Gasteiger partial charge in [-0.1, -0.05) is 0 Å². The molecule has 1 fully saturated rings. The summed E-state index contributed by atoms with van der Waals surface area (Å²) in [4.78, 5) is 7.06. The predicted octanol–water partition coefficient (Wildman–Crippen LogP) is 4.42. The smallest absolute Gasteiger partial charge is 0.0907 e. The van der Waals surface area contributed by atoms with E-state index in [1.165, 1.54) is 23.1 Å². The van der Waals surface area contributed by atoms with E-state index in [1.807, 2.05) is 6.92 Å². The lowest BCUT2D eigenvalue weighted by Crippen LogP contribution is -2.25. The summed E-state index contributed by atoms with van der Waals surface area (Å²) in [6.07, 6.45) is 2.52. The van der Waals surface area contributed by atoms with E-state index >= 15 is 0 Å². The lowest BCUT2D eigenvalue weighted by atomic mass is 10.2. The van der Waals surface area contributed by atoms with Crippen molar-refractivity contribution >= 4 is 44.3 Å². The van der Waals surface area contributed by atoms with Crippen LogP contribution in [-0.4, -0.2) is 11.0 Å². The van der Waals surface area contributed by atoms with Gasteiger partial charge >= 0.3 is 0 Å². The van der Waals surface area contributed by atoms with E-state index in [2.05, 4.69) is 38.8 Å². The molecule has 0 atom stereocenters. The molecule has 3 nitrogen and oxygen atoms in total. The lowest BCUT2D eigenvalue weighted by molar-refractivity contribution is 0.798. The third kappa shape index (κ3) is 2.51. The van der Waals surface area contributed by atoms with Crippen LogP contribution in [0.1, 0.15) is 23.4 Å². The number of aryl methyl sites for hydroxylation is 1. The first-order chi connectivity index (χ1) is 10.2. The van der Waals surface area contributed by atoms with Crippen LogP contribution >= 0.6 is 22.7 Å². The minimum absolute atomic E-state index is 0.629. The van der Waals surface area contributed by atoms with Crippen molar-refractivity contribution in [3.05, 3.63) is 39.5 Å². The Labute approximate surface area is 132 Å². The van der Waals surface area contributed by atoms with Crippen LogP contribution in [0.15, 0.2) is 29.0 Å². The van der Waals surface area contributed by atoms with Gasteiger partial charge in [-0.3, -0.25) is 0 Å². The zero-order valence-corrected chi connectivity index (χ0v) is 13.5. The maximum absolute atomic E-state index is 6.33. The number of nitrogens with zero attached hydrogens (tertiary/aromatic N) is 2. The minimum atomic E-state index is 0.629. The van der Waals surface area contributed by atoms with Crippen molar-refractivity contribution in [2.45, 2.75) is 32.4 Å². The number of fused-ring (bicyclic) bond motifs is 1. The normalized spacial score (nSPS) is 14.7. The lowest BCUT2D eigenvalue weighted by Gasteiger charge is -2.25. The Morgan fingerprint density at radius 1 is 1.38 bits per heavy atom. The Bertz CT molecular complexity index is 772. The molecule has 5 heteroatoms. The first-order valence-electron chi connectivity index (χ1n) is 7.15. The molecule has 1 saturated carbocycles. The van der Waals surface area contributed by atoms with Crippen LogP contribution in [0.5, 0.6) is 0 Å². The molecule has 2 aromatic heterocycles. The summed E-state index contributed by atoms with van der Waals surface area (Å²) < 4.78 is 1.18. The molecule has 0 spiro atoms. The molecule has 0 bridgehead atoms. The van der Waals surface area contributed by atoms with E-state index in [9.17, 15) is 0 Å². The third-order valence-corrected chi connectivity index (χ3v) is 5.54. The van der Waals surface area contributed by atoms with E-state index in [4.69, 9.17) is 5.73 Å². The van der Waals surface area contributed by atoms with E-state index in [0.717, 1.165) is 28.4 Å². The first kappa shape index (κ1) is 13.1. The fraction of sp³-hybridized carbons (Fsp3) is 0.312. The van der Waals surface area contributed by atoms with Gasteiger partial charge in [-0.05, 0) is 54.3 Å². The first-order valence-corrected chi connectivity index (χ1v) is 8.91. The van der Waals surface area contributed by atoms with Gasteiger partial charge in [0.25, 0.3) is 0 Å². The zero-order valence-electron chi connectivity index (χ0n) is 11.9. The van der Waals surface area contributed by atoms with Crippen molar-refractivity contribution in [1.29, 1.82) is 0 Å². The maximum atomic E-state index is 6.33. The fourth-order valence-corrected chi connectivity index (χ4v) is 4.24. The number of anilines is 2. The molecule has 1 aliphatic carbocycles. The third-order valence-electron chi connectivity index (χ3n) is 3.87. The van der Waals surface area contributed by atoms with E-state index in [1.54, 1.807) is 22.7 Å². The molecule has 1 aromatic carbocycles. The van der Waals surface area contributed by atoms with Crippen LogP contribution in [0.2, 0.25) is 0 Å². The second-order valence-electron chi connectivity index (χ2n) is 5.60. The van der Waals surface area contributed by atoms with Crippen LogP contribution in [0, 0.1) is 6.92 Å². The quantitative estimate of drug-likeness (QED) is 0.725. The zero-order chi connectivity index (χ0) is 14.4.